The molecule has 0 aliphatic rings. The fourth-order valence-corrected chi connectivity index (χ4v) is 2.61. The summed E-state index contributed by atoms with van der Waals surface area (Å²) in [5.41, 5.74) is 2.67. The average Bonchev–Trinajstić information content (AvgIpc) is 2.51. The summed E-state index contributed by atoms with van der Waals surface area (Å²) in [7, 11) is 0. The lowest BCUT2D eigenvalue weighted by atomic mass is 10.1. The van der Waals surface area contributed by atoms with Crippen LogP contribution < -0.4 is 10.6 Å². The molecule has 4 nitrogen and oxygen atoms in total. The molecule has 2 aromatic rings. The molecule has 0 aliphatic carbocycles. The van der Waals surface area contributed by atoms with Gasteiger partial charge >= 0.3 is 0 Å². The average molecular weight is 365 g/mol. The Morgan fingerprint density at radius 2 is 1.71 bits per heavy atom. The van der Waals surface area contributed by atoms with Crippen molar-refractivity contribution in [3.05, 3.63) is 63.6 Å². The molecule has 0 bridgehead atoms. The van der Waals surface area contributed by atoms with Crippen LogP contribution in [0, 0.1) is 6.92 Å². The summed E-state index contributed by atoms with van der Waals surface area (Å²) < 4.78 is 0. The third-order valence-electron chi connectivity index (χ3n) is 3.39. The van der Waals surface area contributed by atoms with Crippen molar-refractivity contribution in [3.8, 4) is 0 Å². The van der Waals surface area contributed by atoms with E-state index in [1.807, 2.05) is 25.1 Å². The second-order valence-corrected chi connectivity index (χ2v) is 6.27. The van der Waals surface area contributed by atoms with Crippen LogP contribution in [0.5, 0.6) is 0 Å². The summed E-state index contributed by atoms with van der Waals surface area (Å²) in [6, 6.07) is 12.6. The van der Waals surface area contributed by atoms with Gasteiger partial charge in [-0.25, -0.2) is 0 Å². The minimum absolute atomic E-state index is 0.220. The number of carbonyl (C=O) groups is 2. The Labute approximate surface area is 151 Å². The number of rotatable bonds is 6. The van der Waals surface area contributed by atoms with E-state index in [0.29, 0.717) is 28.7 Å². The molecule has 0 fully saturated rings. The van der Waals surface area contributed by atoms with Crippen LogP contribution in [0.2, 0.25) is 10.0 Å². The van der Waals surface area contributed by atoms with Gasteiger partial charge in [-0.1, -0.05) is 47.0 Å². The minimum atomic E-state index is -0.346. The molecule has 24 heavy (non-hydrogen) atoms. The van der Waals surface area contributed by atoms with Crippen molar-refractivity contribution in [2.24, 2.45) is 0 Å². The Hall–Kier alpha value is -2.04. The van der Waals surface area contributed by atoms with Crippen molar-refractivity contribution >= 4 is 40.7 Å². The molecular formula is C18H18Cl2N2O2. The van der Waals surface area contributed by atoms with Crippen LogP contribution in [0.4, 0.5) is 5.69 Å². The van der Waals surface area contributed by atoms with Gasteiger partial charge in [-0.05, 0) is 43.2 Å². The lowest BCUT2D eigenvalue weighted by molar-refractivity contribution is -0.126. The maximum Gasteiger partial charge on any atom is 0.233 e. The molecule has 6 heteroatoms. The van der Waals surface area contributed by atoms with Crippen LogP contribution in [0.1, 0.15) is 17.5 Å². The number of benzene rings is 2. The predicted molar refractivity (Wildman–Crippen MR) is 97.6 cm³/mol. The molecule has 0 unspecified atom stereocenters. The van der Waals surface area contributed by atoms with Crippen molar-refractivity contribution in [2.45, 2.75) is 19.8 Å². The molecule has 0 aliphatic heterocycles. The van der Waals surface area contributed by atoms with Crippen molar-refractivity contribution < 1.29 is 9.59 Å². The standard InChI is InChI=1S/C18H18Cl2N2O2/c1-12-2-6-15(7-3-12)22-18(24)11-17(23)21-9-8-13-4-5-14(19)10-16(13)20/h2-7,10H,8-9,11H2,1H3,(H,21,23)(H,22,24). The van der Waals surface area contributed by atoms with Gasteiger partial charge in [0.05, 0.1) is 0 Å². The number of amides is 2. The summed E-state index contributed by atoms with van der Waals surface area (Å²) in [5.74, 6) is -0.675. The maximum atomic E-state index is 11.8. The number of carbonyl (C=O) groups excluding carboxylic acids is 2. The minimum Gasteiger partial charge on any atom is -0.355 e. The smallest absolute Gasteiger partial charge is 0.233 e. The zero-order valence-electron chi connectivity index (χ0n) is 13.2. The van der Waals surface area contributed by atoms with Gasteiger partial charge in [-0.2, -0.15) is 0 Å². The fourth-order valence-electron chi connectivity index (χ4n) is 2.11. The zero-order chi connectivity index (χ0) is 17.5. The summed E-state index contributed by atoms with van der Waals surface area (Å²) in [6.07, 6.45) is 0.351. The monoisotopic (exact) mass is 364 g/mol. The summed E-state index contributed by atoms with van der Waals surface area (Å²) in [4.78, 5) is 23.6. The van der Waals surface area contributed by atoms with Crippen LogP contribution in [-0.4, -0.2) is 18.4 Å². The molecule has 0 saturated heterocycles. The SMILES string of the molecule is Cc1ccc(NC(=O)CC(=O)NCCc2ccc(Cl)cc2Cl)cc1. The Bertz CT molecular complexity index is 730. The molecule has 0 aromatic heterocycles. The van der Waals surface area contributed by atoms with Gasteiger partial charge in [-0.3, -0.25) is 9.59 Å². The molecule has 0 radical (unpaired) electrons. The van der Waals surface area contributed by atoms with Gasteiger partial charge < -0.3 is 10.6 Å². The quantitative estimate of drug-likeness (QED) is 0.761. The van der Waals surface area contributed by atoms with Crippen LogP contribution >= 0.6 is 23.2 Å². The zero-order valence-corrected chi connectivity index (χ0v) is 14.7. The molecule has 0 heterocycles. The molecule has 126 valence electrons. The Balaban J connectivity index is 1.74. The van der Waals surface area contributed by atoms with Crippen molar-refractivity contribution in [1.29, 1.82) is 0 Å². The number of nitrogens with one attached hydrogen (secondary N) is 2. The van der Waals surface area contributed by atoms with E-state index in [9.17, 15) is 9.59 Å². The highest BCUT2D eigenvalue weighted by molar-refractivity contribution is 6.35. The van der Waals surface area contributed by atoms with Gasteiger partial charge in [-0.15, -0.1) is 0 Å². The Kier molecular flexibility index (Phi) is 6.64. The molecule has 0 saturated carbocycles. The van der Waals surface area contributed by atoms with E-state index in [-0.39, 0.29) is 18.2 Å². The largest absolute Gasteiger partial charge is 0.355 e. The molecule has 2 rings (SSSR count). The third kappa shape index (κ3) is 5.87. The van der Waals surface area contributed by atoms with E-state index in [2.05, 4.69) is 10.6 Å². The molecule has 2 amide bonds. The molecule has 0 spiro atoms. The first-order chi connectivity index (χ1) is 11.4. The fraction of sp³-hybridized carbons (Fsp3) is 0.222. The normalized spacial score (nSPS) is 10.3. The first kappa shape index (κ1) is 18.3. The van der Waals surface area contributed by atoms with Gasteiger partial charge in [0.2, 0.25) is 11.8 Å². The highest BCUT2D eigenvalue weighted by atomic mass is 35.5. The van der Waals surface area contributed by atoms with Crippen molar-refractivity contribution in [1.82, 2.24) is 5.32 Å². The lowest BCUT2D eigenvalue weighted by Gasteiger charge is -2.08. The van der Waals surface area contributed by atoms with Gasteiger partial charge in [0.15, 0.2) is 0 Å². The van der Waals surface area contributed by atoms with E-state index in [4.69, 9.17) is 23.2 Å². The van der Waals surface area contributed by atoms with E-state index in [1.54, 1.807) is 24.3 Å². The first-order valence-electron chi connectivity index (χ1n) is 7.51. The van der Waals surface area contributed by atoms with Crippen LogP contribution in [-0.2, 0) is 16.0 Å². The number of aryl methyl sites for hydroxylation is 1. The summed E-state index contributed by atoms with van der Waals surface area (Å²) in [6.45, 7) is 2.37. The van der Waals surface area contributed by atoms with Gasteiger partial charge in [0, 0.05) is 22.3 Å². The van der Waals surface area contributed by atoms with Crippen LogP contribution in [0.15, 0.2) is 42.5 Å². The topological polar surface area (TPSA) is 58.2 Å². The highest BCUT2D eigenvalue weighted by Gasteiger charge is 2.10. The molecule has 2 N–H and O–H groups in total. The third-order valence-corrected chi connectivity index (χ3v) is 3.98. The maximum absolute atomic E-state index is 11.8. The predicted octanol–water partition coefficient (Wildman–Crippen LogP) is 3.99. The van der Waals surface area contributed by atoms with Crippen molar-refractivity contribution in [2.75, 3.05) is 11.9 Å². The number of hydrogen-bond acceptors (Lipinski definition) is 2. The number of anilines is 1. The van der Waals surface area contributed by atoms with Gasteiger partial charge in [0.1, 0.15) is 6.42 Å². The number of hydrogen-bond donors (Lipinski definition) is 2. The van der Waals surface area contributed by atoms with E-state index in [1.165, 1.54) is 0 Å². The summed E-state index contributed by atoms with van der Waals surface area (Å²) >= 11 is 11.9. The van der Waals surface area contributed by atoms with E-state index in [0.717, 1.165) is 11.1 Å². The highest BCUT2D eigenvalue weighted by Crippen LogP contribution is 2.21. The molecule has 2 aromatic carbocycles. The van der Waals surface area contributed by atoms with Crippen LogP contribution in [0.3, 0.4) is 0 Å². The van der Waals surface area contributed by atoms with Gasteiger partial charge in [0.25, 0.3) is 0 Å². The number of halogens is 2. The molecular weight excluding hydrogens is 347 g/mol. The van der Waals surface area contributed by atoms with E-state index < -0.39 is 0 Å². The lowest BCUT2D eigenvalue weighted by Crippen LogP contribution is -2.29. The first-order valence-corrected chi connectivity index (χ1v) is 8.27. The van der Waals surface area contributed by atoms with Crippen molar-refractivity contribution in [3.63, 3.8) is 0 Å². The second-order valence-electron chi connectivity index (χ2n) is 5.43. The summed E-state index contributed by atoms with van der Waals surface area (Å²) in [5, 5.41) is 6.53. The Morgan fingerprint density at radius 1 is 1.00 bits per heavy atom. The van der Waals surface area contributed by atoms with E-state index >= 15 is 0 Å². The van der Waals surface area contributed by atoms with Crippen LogP contribution in [0.25, 0.3) is 0 Å². The Morgan fingerprint density at radius 3 is 2.38 bits per heavy atom. The molecule has 0 atom stereocenters. The second kappa shape index (κ2) is 8.71.